The van der Waals surface area contributed by atoms with E-state index < -0.39 is 0 Å². The number of likely N-dealkylation sites (tertiary alicyclic amines) is 2. The number of nitrogens with one attached hydrogen (secondary N) is 1. The number of methoxy groups -OCH3 is 2. The van der Waals surface area contributed by atoms with Crippen LogP contribution in [0.25, 0.3) is 0 Å². The molecule has 3 rings (SSSR count). The summed E-state index contributed by atoms with van der Waals surface area (Å²) < 4.78 is 10.5. The van der Waals surface area contributed by atoms with Gasteiger partial charge in [0, 0.05) is 49.8 Å². The Balaban J connectivity index is 0.00000300. The van der Waals surface area contributed by atoms with Crippen LogP contribution in [0.2, 0.25) is 0 Å². The summed E-state index contributed by atoms with van der Waals surface area (Å²) in [5, 5.41) is 3.28. The average Bonchev–Trinajstić information content (AvgIpc) is 2.77. The topological polar surface area (TPSA) is 71.1 Å². The third kappa shape index (κ3) is 5.54. The van der Waals surface area contributed by atoms with Gasteiger partial charge in [-0.2, -0.15) is 0 Å². The minimum absolute atomic E-state index is 0. The number of rotatable bonds is 5. The van der Waals surface area contributed by atoms with Gasteiger partial charge in [-0.05, 0) is 44.9 Å². The molecular weight excluding hydrogens is 394 g/mol. The molecule has 2 saturated heterocycles. The molecule has 0 radical (unpaired) electrons. The summed E-state index contributed by atoms with van der Waals surface area (Å²) in [6.45, 7) is 2.83. The fourth-order valence-corrected chi connectivity index (χ4v) is 4.11. The molecule has 162 valence electrons. The Morgan fingerprint density at radius 3 is 2.14 bits per heavy atom. The first kappa shape index (κ1) is 23.3. The van der Waals surface area contributed by atoms with E-state index in [1.165, 1.54) is 0 Å². The second-order valence-electron chi connectivity index (χ2n) is 7.58. The summed E-state index contributed by atoms with van der Waals surface area (Å²) >= 11 is 0. The van der Waals surface area contributed by atoms with E-state index in [9.17, 15) is 9.59 Å². The number of hydrogen-bond acceptors (Lipinski definition) is 5. The van der Waals surface area contributed by atoms with Gasteiger partial charge in [0.05, 0.1) is 14.2 Å². The van der Waals surface area contributed by atoms with Crippen molar-refractivity contribution in [2.75, 3.05) is 47.4 Å². The predicted molar refractivity (Wildman–Crippen MR) is 114 cm³/mol. The lowest BCUT2D eigenvalue weighted by Gasteiger charge is -2.37. The van der Waals surface area contributed by atoms with Crippen molar-refractivity contribution in [1.82, 2.24) is 15.1 Å². The molecule has 2 amide bonds. The summed E-state index contributed by atoms with van der Waals surface area (Å²) in [7, 11) is 5.09. The first-order valence-electron chi connectivity index (χ1n) is 10.0. The molecular formula is C21H32ClN3O4. The van der Waals surface area contributed by atoms with Crippen LogP contribution in [0.15, 0.2) is 18.2 Å². The number of likely N-dealkylation sites (N-methyl/N-ethyl adjacent to an activating group) is 1. The minimum atomic E-state index is -0.0451. The Morgan fingerprint density at radius 1 is 0.966 bits per heavy atom. The number of benzene rings is 1. The van der Waals surface area contributed by atoms with Crippen molar-refractivity contribution >= 4 is 24.2 Å². The highest BCUT2D eigenvalue weighted by atomic mass is 35.5. The molecule has 0 spiro atoms. The molecule has 1 aromatic carbocycles. The Hall–Kier alpha value is -1.99. The second kappa shape index (κ2) is 10.7. The van der Waals surface area contributed by atoms with E-state index in [1.807, 2.05) is 16.8 Å². The summed E-state index contributed by atoms with van der Waals surface area (Å²) in [6.07, 6.45) is 3.60. The predicted octanol–water partition coefficient (Wildman–Crippen LogP) is 2.19. The van der Waals surface area contributed by atoms with Crippen LogP contribution < -0.4 is 14.8 Å². The SMILES string of the molecule is CNC1CCCN(C(=O)C2CCN(C(=O)c3cc(OC)cc(OC)c3)CC2)C1.Cl. The molecule has 0 aliphatic carbocycles. The Kier molecular flexibility index (Phi) is 8.59. The third-order valence-electron chi connectivity index (χ3n) is 5.87. The number of amides is 2. The van der Waals surface area contributed by atoms with E-state index in [0.29, 0.717) is 49.0 Å². The van der Waals surface area contributed by atoms with Gasteiger partial charge in [-0.1, -0.05) is 0 Å². The summed E-state index contributed by atoms with van der Waals surface area (Å²) in [4.78, 5) is 29.6. The highest BCUT2D eigenvalue weighted by Gasteiger charge is 2.32. The number of ether oxygens (including phenoxy) is 2. The van der Waals surface area contributed by atoms with Crippen LogP contribution in [0.4, 0.5) is 0 Å². The van der Waals surface area contributed by atoms with Gasteiger partial charge < -0.3 is 24.6 Å². The zero-order chi connectivity index (χ0) is 20.1. The highest BCUT2D eigenvalue weighted by Crippen LogP contribution is 2.26. The molecule has 29 heavy (non-hydrogen) atoms. The fraction of sp³-hybridized carbons (Fsp3) is 0.619. The van der Waals surface area contributed by atoms with Gasteiger partial charge in [0.1, 0.15) is 11.5 Å². The van der Waals surface area contributed by atoms with Gasteiger partial charge in [0.15, 0.2) is 0 Å². The molecule has 8 heteroatoms. The molecule has 0 bridgehead atoms. The van der Waals surface area contributed by atoms with E-state index in [2.05, 4.69) is 5.32 Å². The van der Waals surface area contributed by atoms with Crippen LogP contribution in [0.3, 0.4) is 0 Å². The van der Waals surface area contributed by atoms with Crippen LogP contribution in [-0.4, -0.2) is 75.1 Å². The van der Waals surface area contributed by atoms with Crippen LogP contribution in [0.1, 0.15) is 36.0 Å². The van der Waals surface area contributed by atoms with Gasteiger partial charge in [-0.15, -0.1) is 12.4 Å². The first-order chi connectivity index (χ1) is 13.5. The molecule has 2 aliphatic heterocycles. The maximum atomic E-state index is 12.9. The maximum Gasteiger partial charge on any atom is 0.254 e. The van der Waals surface area contributed by atoms with E-state index in [1.54, 1.807) is 32.4 Å². The summed E-state index contributed by atoms with van der Waals surface area (Å²) in [5.74, 6) is 1.40. The molecule has 1 N–H and O–H groups in total. The molecule has 1 atom stereocenters. The lowest BCUT2D eigenvalue weighted by Crippen LogP contribution is -2.50. The Morgan fingerprint density at radius 2 is 1.59 bits per heavy atom. The van der Waals surface area contributed by atoms with E-state index in [-0.39, 0.29) is 30.1 Å². The van der Waals surface area contributed by atoms with E-state index >= 15 is 0 Å². The zero-order valence-electron chi connectivity index (χ0n) is 17.5. The summed E-state index contributed by atoms with van der Waals surface area (Å²) in [5.41, 5.74) is 0.550. The van der Waals surface area contributed by atoms with Crippen molar-refractivity contribution in [1.29, 1.82) is 0 Å². The van der Waals surface area contributed by atoms with Crippen molar-refractivity contribution in [3.8, 4) is 11.5 Å². The maximum absolute atomic E-state index is 12.9. The van der Waals surface area contributed by atoms with Crippen molar-refractivity contribution in [2.24, 2.45) is 5.92 Å². The van der Waals surface area contributed by atoms with Gasteiger partial charge in [-0.3, -0.25) is 9.59 Å². The Bertz CT molecular complexity index is 685. The molecule has 2 aliphatic rings. The third-order valence-corrected chi connectivity index (χ3v) is 5.87. The average molecular weight is 426 g/mol. The number of nitrogens with zero attached hydrogens (tertiary/aromatic N) is 2. The van der Waals surface area contributed by atoms with Crippen LogP contribution in [0.5, 0.6) is 11.5 Å². The van der Waals surface area contributed by atoms with Crippen molar-refractivity contribution < 1.29 is 19.1 Å². The highest BCUT2D eigenvalue weighted by molar-refractivity contribution is 5.95. The van der Waals surface area contributed by atoms with Crippen molar-refractivity contribution in [2.45, 2.75) is 31.7 Å². The monoisotopic (exact) mass is 425 g/mol. The van der Waals surface area contributed by atoms with Gasteiger partial charge in [-0.25, -0.2) is 0 Å². The molecule has 0 aromatic heterocycles. The van der Waals surface area contributed by atoms with Crippen LogP contribution >= 0.6 is 12.4 Å². The number of carbonyl (C=O) groups excluding carboxylic acids is 2. The van der Waals surface area contributed by atoms with Gasteiger partial charge in [0.2, 0.25) is 5.91 Å². The Labute approximate surface area is 179 Å². The first-order valence-corrected chi connectivity index (χ1v) is 10.0. The van der Waals surface area contributed by atoms with Crippen LogP contribution in [0, 0.1) is 5.92 Å². The smallest absolute Gasteiger partial charge is 0.254 e. The largest absolute Gasteiger partial charge is 0.497 e. The zero-order valence-corrected chi connectivity index (χ0v) is 18.3. The lowest BCUT2D eigenvalue weighted by atomic mass is 9.93. The standard InChI is InChI=1S/C21H31N3O4.ClH/c1-22-17-5-4-8-24(14-17)20(25)15-6-9-23(10-7-15)21(26)16-11-18(27-2)13-19(12-16)28-3;/h11-13,15,17,22H,4-10,14H2,1-3H3;1H. The molecule has 2 fully saturated rings. The van der Waals surface area contributed by atoms with Gasteiger partial charge in [0.25, 0.3) is 5.91 Å². The molecule has 0 saturated carbocycles. The summed E-state index contributed by atoms with van der Waals surface area (Å²) in [6, 6.07) is 5.60. The fourth-order valence-electron chi connectivity index (χ4n) is 4.11. The molecule has 1 aromatic rings. The minimum Gasteiger partial charge on any atom is -0.497 e. The van der Waals surface area contributed by atoms with Crippen LogP contribution in [-0.2, 0) is 4.79 Å². The molecule has 1 unspecified atom stereocenters. The van der Waals surface area contributed by atoms with E-state index in [4.69, 9.17) is 9.47 Å². The number of halogens is 1. The van der Waals surface area contributed by atoms with E-state index in [0.717, 1.165) is 25.9 Å². The number of carbonyl (C=O) groups is 2. The van der Waals surface area contributed by atoms with Crippen molar-refractivity contribution in [3.05, 3.63) is 23.8 Å². The molecule has 7 nitrogen and oxygen atoms in total. The molecule has 2 heterocycles. The lowest BCUT2D eigenvalue weighted by molar-refractivity contribution is -0.138. The van der Waals surface area contributed by atoms with Gasteiger partial charge >= 0.3 is 0 Å². The second-order valence-corrected chi connectivity index (χ2v) is 7.58. The normalized spacial score (nSPS) is 20.0. The number of hydrogen-bond donors (Lipinski definition) is 1. The van der Waals surface area contributed by atoms with Crippen molar-refractivity contribution in [3.63, 3.8) is 0 Å². The number of piperidine rings is 2. The quantitative estimate of drug-likeness (QED) is 0.783.